The minimum Gasteiger partial charge on any atom is -0.496 e. The summed E-state index contributed by atoms with van der Waals surface area (Å²) in [5.74, 6) is 0.648. The van der Waals surface area contributed by atoms with Crippen LogP contribution in [0.4, 0.5) is 0 Å². The molecule has 0 N–H and O–H groups in total. The van der Waals surface area contributed by atoms with Crippen molar-refractivity contribution in [1.82, 2.24) is 0 Å². The fourth-order valence-electron chi connectivity index (χ4n) is 1.38. The number of hydrogen-bond donors (Lipinski definition) is 0. The fraction of sp³-hybridized carbons (Fsp3) is 0.462. The van der Waals surface area contributed by atoms with Gasteiger partial charge < -0.3 is 9.47 Å². The minimum absolute atomic E-state index is 0.0134. The van der Waals surface area contributed by atoms with Gasteiger partial charge in [0.25, 0.3) is 0 Å². The summed E-state index contributed by atoms with van der Waals surface area (Å²) in [7, 11) is 3.09. The zero-order valence-corrected chi connectivity index (χ0v) is 11.3. The van der Waals surface area contributed by atoms with Crippen molar-refractivity contribution in [1.29, 1.82) is 0 Å². The Kier molecular flexibility index (Phi) is 4.54. The van der Waals surface area contributed by atoms with E-state index in [1.165, 1.54) is 7.11 Å². The lowest BCUT2D eigenvalue weighted by Crippen LogP contribution is -2.35. The van der Waals surface area contributed by atoms with E-state index in [1.807, 2.05) is 0 Å². The highest BCUT2D eigenvalue weighted by Gasteiger charge is 2.27. The molecular weight excluding hydrogens is 240 g/mol. The highest BCUT2D eigenvalue weighted by molar-refractivity contribution is 6.30. The SMILES string of the molecule is COc1ccc(Cl)cc1CC(=O)C(C)(C)OC. The lowest BCUT2D eigenvalue weighted by Gasteiger charge is -2.21. The molecule has 0 amide bonds. The Labute approximate surface area is 107 Å². The number of Topliss-reactive ketones (excluding diaryl/α,β-unsaturated/α-hetero) is 1. The van der Waals surface area contributed by atoms with Gasteiger partial charge in [-0.1, -0.05) is 11.6 Å². The molecule has 0 spiro atoms. The number of carbonyl (C=O) groups is 1. The molecule has 1 aromatic carbocycles. The molecule has 17 heavy (non-hydrogen) atoms. The number of benzene rings is 1. The van der Waals surface area contributed by atoms with Crippen LogP contribution >= 0.6 is 11.6 Å². The van der Waals surface area contributed by atoms with E-state index in [2.05, 4.69) is 0 Å². The Morgan fingerprint density at radius 1 is 1.35 bits per heavy atom. The van der Waals surface area contributed by atoms with Crippen LogP contribution < -0.4 is 4.74 Å². The van der Waals surface area contributed by atoms with Crippen LogP contribution in [-0.4, -0.2) is 25.6 Å². The van der Waals surface area contributed by atoms with Crippen LogP contribution in [0.5, 0.6) is 5.75 Å². The summed E-state index contributed by atoms with van der Waals surface area (Å²) in [6.07, 6.45) is 0.241. The third kappa shape index (κ3) is 3.45. The molecule has 1 rings (SSSR count). The van der Waals surface area contributed by atoms with Crippen molar-refractivity contribution in [2.24, 2.45) is 0 Å². The highest BCUT2D eigenvalue weighted by Crippen LogP contribution is 2.25. The second-order valence-electron chi connectivity index (χ2n) is 4.27. The average Bonchev–Trinajstić information content (AvgIpc) is 2.29. The first kappa shape index (κ1) is 14.0. The van der Waals surface area contributed by atoms with Gasteiger partial charge in [-0.2, -0.15) is 0 Å². The van der Waals surface area contributed by atoms with Gasteiger partial charge >= 0.3 is 0 Å². The van der Waals surface area contributed by atoms with Gasteiger partial charge in [0.2, 0.25) is 0 Å². The van der Waals surface area contributed by atoms with E-state index in [9.17, 15) is 4.79 Å². The maximum atomic E-state index is 12.0. The number of carbonyl (C=O) groups excluding carboxylic acids is 1. The van der Waals surface area contributed by atoms with Crippen LogP contribution in [0.15, 0.2) is 18.2 Å². The smallest absolute Gasteiger partial charge is 0.168 e. The van der Waals surface area contributed by atoms with Crippen molar-refractivity contribution in [3.63, 3.8) is 0 Å². The second-order valence-corrected chi connectivity index (χ2v) is 4.71. The molecule has 0 aliphatic carbocycles. The summed E-state index contributed by atoms with van der Waals surface area (Å²) in [6, 6.07) is 5.23. The first-order valence-electron chi connectivity index (χ1n) is 5.31. The van der Waals surface area contributed by atoms with Gasteiger partial charge in [-0.3, -0.25) is 4.79 Å². The van der Waals surface area contributed by atoms with Crippen LogP contribution in [0.3, 0.4) is 0 Å². The van der Waals surface area contributed by atoms with E-state index < -0.39 is 5.60 Å². The lowest BCUT2D eigenvalue weighted by atomic mass is 9.96. The molecule has 1 aromatic rings. The van der Waals surface area contributed by atoms with Crippen molar-refractivity contribution >= 4 is 17.4 Å². The van der Waals surface area contributed by atoms with E-state index >= 15 is 0 Å². The van der Waals surface area contributed by atoms with Crippen molar-refractivity contribution < 1.29 is 14.3 Å². The molecule has 0 aliphatic rings. The third-order valence-electron chi connectivity index (χ3n) is 2.78. The summed E-state index contributed by atoms with van der Waals surface area (Å²) in [6.45, 7) is 3.48. The van der Waals surface area contributed by atoms with E-state index in [-0.39, 0.29) is 12.2 Å². The topological polar surface area (TPSA) is 35.5 Å². The van der Waals surface area contributed by atoms with Crippen molar-refractivity contribution in [2.75, 3.05) is 14.2 Å². The van der Waals surface area contributed by atoms with Crippen LogP contribution in [0.1, 0.15) is 19.4 Å². The Balaban J connectivity index is 2.95. The number of hydrogen-bond acceptors (Lipinski definition) is 3. The molecular formula is C13H17ClO3. The van der Waals surface area contributed by atoms with Crippen LogP contribution in [-0.2, 0) is 16.0 Å². The van der Waals surface area contributed by atoms with Gasteiger partial charge in [-0.15, -0.1) is 0 Å². The molecule has 3 nitrogen and oxygen atoms in total. The first-order chi connectivity index (χ1) is 7.90. The predicted octanol–water partition coefficient (Wildman–Crippen LogP) is 2.89. The zero-order chi connectivity index (χ0) is 13.1. The summed E-state index contributed by atoms with van der Waals surface area (Å²) in [5.41, 5.74) is -0.0250. The normalized spacial score (nSPS) is 11.4. The number of ether oxygens (including phenoxy) is 2. The Bertz CT molecular complexity index is 413. The molecule has 0 aromatic heterocycles. The maximum Gasteiger partial charge on any atom is 0.168 e. The monoisotopic (exact) mass is 256 g/mol. The molecule has 94 valence electrons. The van der Waals surface area contributed by atoms with Crippen molar-refractivity contribution in [2.45, 2.75) is 25.9 Å². The third-order valence-corrected chi connectivity index (χ3v) is 3.01. The molecule has 0 fully saturated rings. The van der Waals surface area contributed by atoms with Crippen molar-refractivity contribution in [3.05, 3.63) is 28.8 Å². The van der Waals surface area contributed by atoms with Gasteiger partial charge in [0.1, 0.15) is 11.4 Å². The molecule has 0 aliphatic heterocycles. The van der Waals surface area contributed by atoms with E-state index in [1.54, 1.807) is 39.2 Å². The molecule has 0 unspecified atom stereocenters. The number of ketones is 1. The number of halogens is 1. The molecule has 0 atom stereocenters. The Morgan fingerprint density at radius 2 is 2.00 bits per heavy atom. The maximum absolute atomic E-state index is 12.0. The lowest BCUT2D eigenvalue weighted by molar-refractivity contribution is -0.136. The summed E-state index contributed by atoms with van der Waals surface area (Å²) >= 11 is 5.91. The Morgan fingerprint density at radius 3 is 2.53 bits per heavy atom. The fourth-order valence-corrected chi connectivity index (χ4v) is 1.58. The summed E-state index contributed by atoms with van der Waals surface area (Å²) in [4.78, 5) is 12.0. The van der Waals surface area contributed by atoms with Crippen LogP contribution in [0.25, 0.3) is 0 Å². The number of rotatable bonds is 5. The van der Waals surface area contributed by atoms with Gasteiger partial charge in [0, 0.05) is 24.1 Å². The first-order valence-corrected chi connectivity index (χ1v) is 5.69. The number of methoxy groups -OCH3 is 2. The van der Waals surface area contributed by atoms with Crippen LogP contribution in [0.2, 0.25) is 5.02 Å². The molecule has 0 heterocycles. The Hall–Kier alpha value is -1.06. The molecule has 0 bridgehead atoms. The van der Waals surface area contributed by atoms with Crippen LogP contribution in [0, 0.1) is 0 Å². The van der Waals surface area contributed by atoms with E-state index in [4.69, 9.17) is 21.1 Å². The summed E-state index contributed by atoms with van der Waals surface area (Å²) in [5, 5.41) is 0.587. The van der Waals surface area contributed by atoms with Gasteiger partial charge in [-0.05, 0) is 32.0 Å². The molecule has 0 radical (unpaired) electrons. The minimum atomic E-state index is -0.798. The second kappa shape index (κ2) is 5.52. The largest absolute Gasteiger partial charge is 0.496 e. The average molecular weight is 257 g/mol. The van der Waals surface area contributed by atoms with Gasteiger partial charge in [0.15, 0.2) is 5.78 Å². The standard InChI is InChI=1S/C13H17ClO3/c1-13(2,17-4)12(15)8-9-7-10(14)5-6-11(9)16-3/h5-7H,8H2,1-4H3. The predicted molar refractivity (Wildman–Crippen MR) is 67.8 cm³/mol. The highest BCUT2D eigenvalue weighted by atomic mass is 35.5. The molecule has 4 heteroatoms. The zero-order valence-electron chi connectivity index (χ0n) is 10.5. The van der Waals surface area contributed by atoms with Crippen molar-refractivity contribution in [3.8, 4) is 5.75 Å². The quantitative estimate of drug-likeness (QED) is 0.813. The van der Waals surface area contributed by atoms with E-state index in [0.29, 0.717) is 10.8 Å². The van der Waals surface area contributed by atoms with E-state index in [0.717, 1.165) is 5.56 Å². The van der Waals surface area contributed by atoms with Gasteiger partial charge in [-0.25, -0.2) is 0 Å². The summed E-state index contributed by atoms with van der Waals surface area (Å²) < 4.78 is 10.3. The van der Waals surface area contributed by atoms with Gasteiger partial charge in [0.05, 0.1) is 7.11 Å². The molecule has 0 saturated heterocycles. The molecule has 0 saturated carbocycles.